The fraction of sp³-hybridized carbons (Fsp3) is 0.176. The summed E-state index contributed by atoms with van der Waals surface area (Å²) < 4.78 is 43.4. The molecule has 2 aromatic rings. The van der Waals surface area contributed by atoms with E-state index in [-0.39, 0.29) is 11.5 Å². The molecule has 6 nitrogen and oxygen atoms in total. The molecule has 0 bridgehead atoms. The minimum atomic E-state index is -3.93. The molecule has 0 spiro atoms. The summed E-state index contributed by atoms with van der Waals surface area (Å²) in [6.07, 6.45) is 0. The molecule has 0 N–H and O–H groups in total. The third kappa shape index (κ3) is 4.62. The van der Waals surface area contributed by atoms with Gasteiger partial charge in [0.1, 0.15) is 19.0 Å². The number of sulfonamides is 1. The van der Waals surface area contributed by atoms with Gasteiger partial charge in [-0.15, -0.1) is 0 Å². The van der Waals surface area contributed by atoms with Gasteiger partial charge in [-0.05, 0) is 30.3 Å². The minimum Gasteiger partial charge on any atom is -0.460 e. The van der Waals surface area contributed by atoms with Gasteiger partial charge in [-0.2, -0.15) is 9.57 Å². The van der Waals surface area contributed by atoms with Crippen LogP contribution in [0.4, 0.5) is 4.39 Å². The van der Waals surface area contributed by atoms with E-state index in [0.717, 1.165) is 28.6 Å². The van der Waals surface area contributed by atoms with Crippen molar-refractivity contribution in [2.45, 2.75) is 11.5 Å². The lowest BCUT2D eigenvalue weighted by Crippen LogP contribution is -2.33. The number of ether oxygens (including phenoxy) is 1. The molecule has 130 valence electrons. The maximum Gasteiger partial charge on any atom is 0.321 e. The number of benzene rings is 2. The summed E-state index contributed by atoms with van der Waals surface area (Å²) in [6.45, 7) is -0.637. The van der Waals surface area contributed by atoms with E-state index in [1.54, 1.807) is 24.3 Å². The average Bonchev–Trinajstić information content (AvgIpc) is 2.60. The first-order chi connectivity index (χ1) is 11.8. The van der Waals surface area contributed by atoms with Gasteiger partial charge in [-0.3, -0.25) is 4.79 Å². The predicted molar refractivity (Wildman–Crippen MR) is 87.2 cm³/mol. The Bertz CT molecular complexity index is 905. The monoisotopic (exact) mass is 362 g/mol. The molecule has 0 amide bonds. The summed E-state index contributed by atoms with van der Waals surface area (Å²) in [5.41, 5.74) is 0.907. The van der Waals surface area contributed by atoms with Crippen LogP contribution in [0, 0.1) is 17.1 Å². The number of carbonyl (C=O) groups excluding carboxylic acids is 1. The molecular formula is C17H15FN2O4S. The van der Waals surface area contributed by atoms with E-state index in [2.05, 4.69) is 0 Å². The van der Waals surface area contributed by atoms with Gasteiger partial charge in [0.05, 0.1) is 16.5 Å². The summed E-state index contributed by atoms with van der Waals surface area (Å²) in [7, 11) is -2.71. The van der Waals surface area contributed by atoms with Gasteiger partial charge < -0.3 is 4.74 Å². The highest BCUT2D eigenvalue weighted by Gasteiger charge is 2.23. The Morgan fingerprint density at radius 1 is 1.20 bits per heavy atom. The largest absolute Gasteiger partial charge is 0.460 e. The van der Waals surface area contributed by atoms with Crippen molar-refractivity contribution in [3.8, 4) is 6.07 Å². The minimum absolute atomic E-state index is 0.126. The third-order valence-electron chi connectivity index (χ3n) is 3.40. The fourth-order valence-corrected chi connectivity index (χ4v) is 3.13. The van der Waals surface area contributed by atoms with Gasteiger partial charge in [-0.1, -0.05) is 18.2 Å². The maximum atomic E-state index is 12.9. The van der Waals surface area contributed by atoms with Crippen LogP contribution in [0.1, 0.15) is 11.1 Å². The number of rotatable bonds is 6. The number of nitriles is 1. The van der Waals surface area contributed by atoms with Crippen LogP contribution in [0.5, 0.6) is 0 Å². The Labute approximate surface area is 145 Å². The molecule has 2 aromatic carbocycles. The van der Waals surface area contributed by atoms with Crippen LogP contribution < -0.4 is 0 Å². The Hall–Kier alpha value is -2.76. The first-order valence-electron chi connectivity index (χ1n) is 7.20. The highest BCUT2D eigenvalue weighted by molar-refractivity contribution is 7.89. The van der Waals surface area contributed by atoms with Crippen molar-refractivity contribution < 1.29 is 22.3 Å². The van der Waals surface area contributed by atoms with Gasteiger partial charge in [0, 0.05) is 12.6 Å². The SMILES string of the molecule is CN(CC(=O)OCc1ccccc1C#N)S(=O)(=O)c1ccc(F)cc1. The Morgan fingerprint density at radius 2 is 1.84 bits per heavy atom. The van der Waals surface area contributed by atoms with Crippen molar-refractivity contribution in [2.24, 2.45) is 0 Å². The van der Waals surface area contributed by atoms with E-state index < -0.39 is 28.4 Å². The normalized spacial score (nSPS) is 11.1. The molecule has 0 radical (unpaired) electrons. The smallest absolute Gasteiger partial charge is 0.321 e. The van der Waals surface area contributed by atoms with Crippen molar-refractivity contribution in [1.29, 1.82) is 5.26 Å². The zero-order chi connectivity index (χ0) is 18.4. The summed E-state index contributed by atoms with van der Waals surface area (Å²) in [5.74, 6) is -1.32. The van der Waals surface area contributed by atoms with Gasteiger partial charge >= 0.3 is 5.97 Å². The first-order valence-corrected chi connectivity index (χ1v) is 8.64. The van der Waals surface area contributed by atoms with E-state index in [4.69, 9.17) is 10.00 Å². The van der Waals surface area contributed by atoms with Gasteiger partial charge in [0.25, 0.3) is 0 Å². The Kier molecular flexibility index (Phi) is 5.85. The van der Waals surface area contributed by atoms with Crippen LogP contribution in [-0.4, -0.2) is 32.3 Å². The molecule has 0 aliphatic rings. The van der Waals surface area contributed by atoms with Gasteiger partial charge in [0.2, 0.25) is 10.0 Å². The number of carbonyl (C=O) groups is 1. The molecule has 0 heterocycles. The van der Waals surface area contributed by atoms with E-state index in [0.29, 0.717) is 11.1 Å². The van der Waals surface area contributed by atoms with Crippen molar-refractivity contribution in [3.63, 3.8) is 0 Å². The first kappa shape index (κ1) is 18.6. The van der Waals surface area contributed by atoms with Crippen LogP contribution >= 0.6 is 0 Å². The summed E-state index contributed by atoms with van der Waals surface area (Å²) in [5, 5.41) is 8.98. The van der Waals surface area contributed by atoms with Crippen molar-refractivity contribution >= 4 is 16.0 Å². The second-order valence-electron chi connectivity index (χ2n) is 5.14. The molecule has 0 unspecified atom stereocenters. The topological polar surface area (TPSA) is 87.5 Å². The van der Waals surface area contributed by atoms with E-state index in [1.165, 1.54) is 7.05 Å². The van der Waals surface area contributed by atoms with E-state index in [9.17, 15) is 17.6 Å². The van der Waals surface area contributed by atoms with Crippen LogP contribution in [0.2, 0.25) is 0 Å². The second kappa shape index (κ2) is 7.88. The zero-order valence-electron chi connectivity index (χ0n) is 13.3. The zero-order valence-corrected chi connectivity index (χ0v) is 14.2. The van der Waals surface area contributed by atoms with Crippen LogP contribution in [0.15, 0.2) is 53.4 Å². The number of esters is 1. The standard InChI is InChI=1S/C17H15FN2O4S/c1-20(25(22,23)16-8-6-15(18)7-9-16)11-17(21)24-12-14-5-3-2-4-13(14)10-19/h2-9H,11-12H2,1H3. The van der Waals surface area contributed by atoms with Crippen molar-refractivity contribution in [3.05, 3.63) is 65.5 Å². The van der Waals surface area contributed by atoms with E-state index >= 15 is 0 Å². The number of hydrogen-bond acceptors (Lipinski definition) is 5. The summed E-state index contributed by atoms with van der Waals surface area (Å²) in [6, 6.07) is 12.9. The predicted octanol–water partition coefficient (Wildman–Crippen LogP) is 2.06. The third-order valence-corrected chi connectivity index (χ3v) is 5.22. The van der Waals surface area contributed by atoms with Gasteiger partial charge in [0.15, 0.2) is 0 Å². The van der Waals surface area contributed by atoms with Crippen LogP contribution in [0.25, 0.3) is 0 Å². The molecule has 0 saturated carbocycles. The average molecular weight is 362 g/mol. The molecule has 25 heavy (non-hydrogen) atoms. The van der Waals surface area contributed by atoms with Crippen LogP contribution in [-0.2, 0) is 26.2 Å². The Morgan fingerprint density at radius 3 is 2.48 bits per heavy atom. The molecule has 0 atom stereocenters. The van der Waals surface area contributed by atoms with Crippen molar-refractivity contribution in [2.75, 3.05) is 13.6 Å². The quantitative estimate of drug-likeness (QED) is 0.734. The van der Waals surface area contributed by atoms with Crippen molar-refractivity contribution in [1.82, 2.24) is 4.31 Å². The van der Waals surface area contributed by atoms with E-state index in [1.807, 2.05) is 6.07 Å². The van der Waals surface area contributed by atoms with Crippen LogP contribution in [0.3, 0.4) is 0 Å². The lowest BCUT2D eigenvalue weighted by molar-refractivity contribution is -0.144. The molecular weight excluding hydrogens is 347 g/mol. The summed E-state index contributed by atoms with van der Waals surface area (Å²) >= 11 is 0. The molecule has 2 rings (SSSR count). The lowest BCUT2D eigenvalue weighted by Gasteiger charge is -2.16. The highest BCUT2D eigenvalue weighted by Crippen LogP contribution is 2.15. The number of nitrogens with zero attached hydrogens (tertiary/aromatic N) is 2. The molecule has 0 aliphatic heterocycles. The number of hydrogen-bond donors (Lipinski definition) is 0. The Balaban J connectivity index is 2.00. The molecule has 0 aromatic heterocycles. The fourth-order valence-electron chi connectivity index (χ4n) is 2.01. The summed E-state index contributed by atoms with van der Waals surface area (Å²) in [4.78, 5) is 11.8. The van der Waals surface area contributed by atoms with Gasteiger partial charge in [-0.25, -0.2) is 12.8 Å². The molecule has 0 saturated heterocycles. The molecule has 0 fully saturated rings. The number of likely N-dealkylation sites (N-methyl/N-ethyl adjacent to an activating group) is 1. The molecule has 8 heteroatoms. The second-order valence-corrected chi connectivity index (χ2v) is 7.19. The number of halogens is 1. The highest BCUT2D eigenvalue weighted by atomic mass is 32.2. The maximum absolute atomic E-state index is 12.9. The lowest BCUT2D eigenvalue weighted by atomic mass is 10.1. The molecule has 0 aliphatic carbocycles.